The molecule has 4 heteroatoms. The molecule has 0 aliphatic rings. The van der Waals surface area contributed by atoms with Crippen molar-refractivity contribution in [2.45, 2.75) is 26.3 Å². The molecule has 0 aliphatic carbocycles. The van der Waals surface area contributed by atoms with Crippen LogP contribution in [0.2, 0.25) is 5.02 Å². The van der Waals surface area contributed by atoms with Crippen molar-refractivity contribution in [1.82, 2.24) is 10.3 Å². The van der Waals surface area contributed by atoms with Gasteiger partial charge in [-0.2, -0.15) is 0 Å². The summed E-state index contributed by atoms with van der Waals surface area (Å²) in [6.07, 6.45) is 0. The van der Waals surface area contributed by atoms with E-state index >= 15 is 0 Å². The highest BCUT2D eigenvalue weighted by Crippen LogP contribution is 2.26. The Hall–Kier alpha value is -1.06. The number of nitrogens with zero attached hydrogens (tertiary/aromatic N) is 1. The molecule has 0 atom stereocenters. The maximum Gasteiger partial charge on any atom is 0.198 e. The topological polar surface area (TPSA) is 38.1 Å². The van der Waals surface area contributed by atoms with E-state index in [0.29, 0.717) is 10.9 Å². The molecule has 1 heterocycles. The molecule has 1 aromatic carbocycles. The zero-order valence-electron chi connectivity index (χ0n) is 9.67. The van der Waals surface area contributed by atoms with Crippen LogP contribution in [0.25, 0.3) is 11.1 Å². The smallest absolute Gasteiger partial charge is 0.198 e. The number of nitrogens with one attached hydrogen (secondary N) is 1. The fraction of sp³-hybridized carbons (Fsp3) is 0.417. The first-order valence-corrected chi connectivity index (χ1v) is 5.73. The van der Waals surface area contributed by atoms with Crippen molar-refractivity contribution in [2.75, 3.05) is 7.05 Å². The molecule has 0 unspecified atom stereocenters. The van der Waals surface area contributed by atoms with Crippen LogP contribution in [-0.4, -0.2) is 12.0 Å². The second kappa shape index (κ2) is 4.44. The van der Waals surface area contributed by atoms with E-state index in [2.05, 4.69) is 24.1 Å². The van der Waals surface area contributed by atoms with E-state index in [-0.39, 0.29) is 0 Å². The molecule has 0 fully saturated rings. The molecule has 0 radical (unpaired) electrons. The molecule has 1 aromatic heterocycles. The standard InChI is InChI=1S/C12H15ClN2O/c1-7(2)12-15-10-4-8(6-14-3)9(13)5-11(10)16-12/h4-5,7,14H,6H2,1-3H3. The summed E-state index contributed by atoms with van der Waals surface area (Å²) < 4.78 is 5.63. The van der Waals surface area contributed by atoms with Gasteiger partial charge in [0.05, 0.1) is 0 Å². The Morgan fingerprint density at radius 3 is 2.81 bits per heavy atom. The van der Waals surface area contributed by atoms with Crippen molar-refractivity contribution in [3.63, 3.8) is 0 Å². The van der Waals surface area contributed by atoms with E-state index in [0.717, 1.165) is 29.1 Å². The fourth-order valence-corrected chi connectivity index (χ4v) is 1.80. The van der Waals surface area contributed by atoms with Crippen LogP contribution in [0.4, 0.5) is 0 Å². The lowest BCUT2D eigenvalue weighted by molar-refractivity contribution is 0.501. The Kier molecular flexibility index (Phi) is 3.17. The Labute approximate surface area is 99.8 Å². The third kappa shape index (κ3) is 2.06. The van der Waals surface area contributed by atoms with Gasteiger partial charge in [0.25, 0.3) is 0 Å². The molecule has 16 heavy (non-hydrogen) atoms. The van der Waals surface area contributed by atoms with Crippen molar-refractivity contribution in [3.05, 3.63) is 28.6 Å². The van der Waals surface area contributed by atoms with Gasteiger partial charge in [-0.1, -0.05) is 25.4 Å². The molecular formula is C12H15ClN2O. The third-order valence-corrected chi connectivity index (χ3v) is 2.79. The second-order valence-electron chi connectivity index (χ2n) is 4.15. The molecule has 0 saturated carbocycles. The van der Waals surface area contributed by atoms with Gasteiger partial charge in [-0.25, -0.2) is 4.98 Å². The largest absolute Gasteiger partial charge is 0.440 e. The Balaban J connectivity index is 2.52. The molecule has 0 amide bonds. The van der Waals surface area contributed by atoms with Gasteiger partial charge in [-0.05, 0) is 18.7 Å². The number of halogens is 1. The highest BCUT2D eigenvalue weighted by Gasteiger charge is 2.11. The van der Waals surface area contributed by atoms with Crippen LogP contribution >= 0.6 is 11.6 Å². The first-order chi connectivity index (χ1) is 7.61. The average molecular weight is 239 g/mol. The second-order valence-corrected chi connectivity index (χ2v) is 4.56. The summed E-state index contributed by atoms with van der Waals surface area (Å²) in [6, 6.07) is 3.81. The summed E-state index contributed by atoms with van der Waals surface area (Å²) >= 11 is 6.14. The van der Waals surface area contributed by atoms with Crippen molar-refractivity contribution in [2.24, 2.45) is 0 Å². The molecule has 0 aliphatic heterocycles. The lowest BCUT2D eigenvalue weighted by atomic mass is 10.2. The first kappa shape index (κ1) is 11.4. The molecule has 1 N–H and O–H groups in total. The first-order valence-electron chi connectivity index (χ1n) is 5.35. The minimum absolute atomic E-state index is 0.291. The van der Waals surface area contributed by atoms with E-state index in [9.17, 15) is 0 Å². The highest BCUT2D eigenvalue weighted by molar-refractivity contribution is 6.32. The number of fused-ring (bicyclic) bond motifs is 1. The van der Waals surface area contributed by atoms with Crippen LogP contribution in [-0.2, 0) is 6.54 Å². The van der Waals surface area contributed by atoms with Crippen LogP contribution in [0.1, 0.15) is 31.2 Å². The van der Waals surface area contributed by atoms with Gasteiger partial charge in [-0.3, -0.25) is 0 Å². The van der Waals surface area contributed by atoms with Gasteiger partial charge in [0.2, 0.25) is 0 Å². The molecule has 2 rings (SSSR count). The summed E-state index contributed by atoms with van der Waals surface area (Å²) in [5.41, 5.74) is 2.67. The molecule has 0 saturated heterocycles. The number of rotatable bonds is 3. The normalized spacial score (nSPS) is 11.6. The maximum absolute atomic E-state index is 6.14. The predicted octanol–water partition coefficient (Wildman–Crippen LogP) is 3.32. The number of hydrogen-bond donors (Lipinski definition) is 1. The van der Waals surface area contributed by atoms with E-state index < -0.39 is 0 Å². The van der Waals surface area contributed by atoms with Gasteiger partial charge >= 0.3 is 0 Å². The van der Waals surface area contributed by atoms with Crippen molar-refractivity contribution < 1.29 is 4.42 Å². The van der Waals surface area contributed by atoms with Crippen molar-refractivity contribution in [3.8, 4) is 0 Å². The number of benzene rings is 1. The number of aromatic nitrogens is 1. The summed E-state index contributed by atoms with van der Waals surface area (Å²) in [4.78, 5) is 4.44. The monoisotopic (exact) mass is 238 g/mol. The van der Waals surface area contributed by atoms with Crippen molar-refractivity contribution in [1.29, 1.82) is 0 Å². The molecule has 86 valence electrons. The minimum atomic E-state index is 0.291. The highest BCUT2D eigenvalue weighted by atomic mass is 35.5. The molecular weight excluding hydrogens is 224 g/mol. The predicted molar refractivity (Wildman–Crippen MR) is 65.9 cm³/mol. The summed E-state index contributed by atoms with van der Waals surface area (Å²) in [6.45, 7) is 4.85. The zero-order chi connectivity index (χ0) is 11.7. The summed E-state index contributed by atoms with van der Waals surface area (Å²) in [5, 5.41) is 3.79. The molecule has 2 aromatic rings. The van der Waals surface area contributed by atoms with Crippen LogP contribution in [0.15, 0.2) is 16.5 Å². The van der Waals surface area contributed by atoms with E-state index in [1.807, 2.05) is 19.2 Å². The quantitative estimate of drug-likeness (QED) is 0.892. The maximum atomic E-state index is 6.14. The van der Waals surface area contributed by atoms with Gasteiger partial charge in [-0.15, -0.1) is 0 Å². The lowest BCUT2D eigenvalue weighted by Crippen LogP contribution is -2.05. The number of hydrogen-bond acceptors (Lipinski definition) is 3. The van der Waals surface area contributed by atoms with Crippen molar-refractivity contribution >= 4 is 22.7 Å². The van der Waals surface area contributed by atoms with E-state index in [1.165, 1.54) is 0 Å². The van der Waals surface area contributed by atoms with Crippen LogP contribution in [0.3, 0.4) is 0 Å². The Bertz CT molecular complexity index is 505. The number of oxazole rings is 1. The zero-order valence-corrected chi connectivity index (χ0v) is 10.4. The van der Waals surface area contributed by atoms with Crippen LogP contribution < -0.4 is 5.32 Å². The Morgan fingerprint density at radius 2 is 2.19 bits per heavy atom. The molecule has 0 spiro atoms. The van der Waals surface area contributed by atoms with E-state index in [4.69, 9.17) is 16.0 Å². The SMILES string of the molecule is CNCc1cc2nc(C(C)C)oc2cc1Cl. The summed E-state index contributed by atoms with van der Waals surface area (Å²) in [5.74, 6) is 1.05. The average Bonchev–Trinajstić information content (AvgIpc) is 2.61. The van der Waals surface area contributed by atoms with E-state index in [1.54, 1.807) is 0 Å². The Morgan fingerprint density at radius 1 is 1.44 bits per heavy atom. The van der Waals surface area contributed by atoms with Gasteiger partial charge in [0, 0.05) is 23.6 Å². The van der Waals surface area contributed by atoms with Gasteiger partial charge < -0.3 is 9.73 Å². The van der Waals surface area contributed by atoms with Gasteiger partial charge in [0.15, 0.2) is 11.5 Å². The van der Waals surface area contributed by atoms with Crippen LogP contribution in [0, 0.1) is 0 Å². The van der Waals surface area contributed by atoms with Crippen LogP contribution in [0.5, 0.6) is 0 Å². The van der Waals surface area contributed by atoms with Gasteiger partial charge in [0.1, 0.15) is 5.52 Å². The third-order valence-electron chi connectivity index (χ3n) is 2.43. The molecule has 0 bridgehead atoms. The molecule has 3 nitrogen and oxygen atoms in total. The summed E-state index contributed by atoms with van der Waals surface area (Å²) in [7, 11) is 1.89. The lowest BCUT2D eigenvalue weighted by Gasteiger charge is -2.01. The minimum Gasteiger partial charge on any atom is -0.440 e. The fourth-order valence-electron chi connectivity index (χ4n) is 1.58.